The minimum Gasteiger partial charge on any atom is -0.363 e. The molecule has 0 radical (unpaired) electrons. The number of aromatic amines is 1. The highest BCUT2D eigenvalue weighted by Crippen LogP contribution is 2.19. The van der Waals surface area contributed by atoms with Gasteiger partial charge in [0.15, 0.2) is 5.11 Å². The molecule has 0 saturated heterocycles. The standard InChI is InChI=1S/C18H27FN4S/c1-3-23(4-2)11-5-9-20-18(24)21-10-8-14-13-22-17-7-6-15(19)12-16(14)17/h6-7,12-13,22H,3-5,8-11H2,1-2H3,(H2,20,21,24). The van der Waals surface area contributed by atoms with E-state index in [0.717, 1.165) is 62.0 Å². The fourth-order valence-corrected chi connectivity index (χ4v) is 2.98. The zero-order valence-electron chi connectivity index (χ0n) is 14.5. The van der Waals surface area contributed by atoms with Gasteiger partial charge in [0, 0.05) is 30.2 Å². The van der Waals surface area contributed by atoms with Crippen LogP contribution >= 0.6 is 12.2 Å². The Morgan fingerprint density at radius 1 is 1.21 bits per heavy atom. The van der Waals surface area contributed by atoms with Gasteiger partial charge in [0.2, 0.25) is 0 Å². The van der Waals surface area contributed by atoms with Crippen molar-refractivity contribution in [3.8, 4) is 0 Å². The minimum absolute atomic E-state index is 0.207. The van der Waals surface area contributed by atoms with E-state index in [4.69, 9.17) is 12.2 Å². The molecule has 24 heavy (non-hydrogen) atoms. The quantitative estimate of drug-likeness (QED) is 0.480. The van der Waals surface area contributed by atoms with E-state index >= 15 is 0 Å². The molecule has 1 aromatic heterocycles. The number of rotatable bonds is 9. The third-order valence-corrected chi connectivity index (χ3v) is 4.53. The molecular formula is C18H27FN4S. The molecule has 0 bridgehead atoms. The topological polar surface area (TPSA) is 43.1 Å². The Labute approximate surface area is 148 Å². The lowest BCUT2D eigenvalue weighted by atomic mass is 10.1. The molecule has 0 amide bonds. The molecule has 132 valence electrons. The molecule has 0 atom stereocenters. The Bertz CT molecular complexity index is 652. The van der Waals surface area contributed by atoms with Crippen LogP contribution in [0, 0.1) is 5.82 Å². The summed E-state index contributed by atoms with van der Waals surface area (Å²) in [6, 6.07) is 4.81. The van der Waals surface area contributed by atoms with Crippen molar-refractivity contribution in [2.75, 3.05) is 32.7 Å². The summed E-state index contributed by atoms with van der Waals surface area (Å²) in [7, 11) is 0. The SMILES string of the molecule is CCN(CC)CCCNC(=S)NCCc1c[nH]c2ccc(F)cc12. The minimum atomic E-state index is -0.207. The Kier molecular flexibility index (Phi) is 7.46. The van der Waals surface area contributed by atoms with Crippen LogP contribution in [0.3, 0.4) is 0 Å². The highest BCUT2D eigenvalue weighted by molar-refractivity contribution is 7.80. The number of hydrogen-bond donors (Lipinski definition) is 3. The number of thiocarbonyl (C=S) groups is 1. The number of hydrogen-bond acceptors (Lipinski definition) is 2. The van der Waals surface area contributed by atoms with Crippen molar-refractivity contribution in [2.45, 2.75) is 26.7 Å². The van der Waals surface area contributed by atoms with Crippen LogP contribution in [-0.4, -0.2) is 47.7 Å². The van der Waals surface area contributed by atoms with E-state index in [-0.39, 0.29) is 5.82 Å². The fraction of sp³-hybridized carbons (Fsp3) is 0.500. The lowest BCUT2D eigenvalue weighted by molar-refractivity contribution is 0.300. The summed E-state index contributed by atoms with van der Waals surface area (Å²) in [4.78, 5) is 5.57. The lowest BCUT2D eigenvalue weighted by Crippen LogP contribution is -2.38. The van der Waals surface area contributed by atoms with Crippen molar-refractivity contribution in [2.24, 2.45) is 0 Å². The van der Waals surface area contributed by atoms with Crippen LogP contribution in [0.2, 0.25) is 0 Å². The van der Waals surface area contributed by atoms with Gasteiger partial charge in [0.25, 0.3) is 0 Å². The number of H-pyrrole nitrogens is 1. The Morgan fingerprint density at radius 3 is 2.71 bits per heavy atom. The molecule has 1 aromatic carbocycles. The Balaban J connectivity index is 1.68. The summed E-state index contributed by atoms with van der Waals surface area (Å²) in [5.41, 5.74) is 2.06. The number of benzene rings is 1. The van der Waals surface area contributed by atoms with Crippen molar-refractivity contribution in [1.29, 1.82) is 0 Å². The summed E-state index contributed by atoms with van der Waals surface area (Å²) < 4.78 is 13.4. The van der Waals surface area contributed by atoms with E-state index in [0.29, 0.717) is 5.11 Å². The van der Waals surface area contributed by atoms with Gasteiger partial charge in [-0.1, -0.05) is 13.8 Å². The molecule has 0 aliphatic heterocycles. The van der Waals surface area contributed by atoms with Crippen molar-refractivity contribution >= 4 is 28.2 Å². The summed E-state index contributed by atoms with van der Waals surface area (Å²) in [5.74, 6) is -0.207. The summed E-state index contributed by atoms with van der Waals surface area (Å²) in [5, 5.41) is 8.07. The van der Waals surface area contributed by atoms with E-state index in [1.807, 2.05) is 6.20 Å². The second-order valence-corrected chi connectivity index (χ2v) is 6.23. The normalized spacial score (nSPS) is 11.2. The number of nitrogens with zero attached hydrogens (tertiary/aromatic N) is 1. The first-order chi connectivity index (χ1) is 11.6. The van der Waals surface area contributed by atoms with Gasteiger partial charge in [-0.3, -0.25) is 0 Å². The molecule has 2 rings (SSSR count). The van der Waals surface area contributed by atoms with Crippen molar-refractivity contribution in [3.05, 3.63) is 35.8 Å². The van der Waals surface area contributed by atoms with Crippen LogP contribution in [0.5, 0.6) is 0 Å². The second-order valence-electron chi connectivity index (χ2n) is 5.82. The van der Waals surface area contributed by atoms with E-state index < -0.39 is 0 Å². The maximum atomic E-state index is 13.4. The first-order valence-corrected chi connectivity index (χ1v) is 9.04. The second kappa shape index (κ2) is 9.59. The largest absolute Gasteiger partial charge is 0.363 e. The van der Waals surface area contributed by atoms with Crippen molar-refractivity contribution in [1.82, 2.24) is 20.5 Å². The summed E-state index contributed by atoms with van der Waals surface area (Å²) >= 11 is 5.30. The van der Waals surface area contributed by atoms with Gasteiger partial charge in [-0.15, -0.1) is 0 Å². The molecular weight excluding hydrogens is 323 g/mol. The van der Waals surface area contributed by atoms with Crippen LogP contribution in [0.4, 0.5) is 4.39 Å². The van der Waals surface area contributed by atoms with Crippen LogP contribution in [0.25, 0.3) is 10.9 Å². The molecule has 0 spiro atoms. The molecule has 0 unspecified atom stereocenters. The maximum Gasteiger partial charge on any atom is 0.166 e. The Morgan fingerprint density at radius 2 is 1.96 bits per heavy atom. The molecule has 0 aliphatic rings. The van der Waals surface area contributed by atoms with Crippen LogP contribution in [-0.2, 0) is 6.42 Å². The van der Waals surface area contributed by atoms with Gasteiger partial charge in [0.1, 0.15) is 5.82 Å². The summed E-state index contributed by atoms with van der Waals surface area (Å²) in [6.45, 7) is 9.23. The Hall–Kier alpha value is -1.66. The van der Waals surface area contributed by atoms with Crippen molar-refractivity contribution in [3.63, 3.8) is 0 Å². The number of halogens is 1. The van der Waals surface area contributed by atoms with E-state index in [9.17, 15) is 4.39 Å². The van der Waals surface area contributed by atoms with E-state index in [2.05, 4.69) is 34.4 Å². The predicted molar refractivity (Wildman–Crippen MR) is 103 cm³/mol. The van der Waals surface area contributed by atoms with Crippen molar-refractivity contribution < 1.29 is 4.39 Å². The summed E-state index contributed by atoms with van der Waals surface area (Å²) in [6.07, 6.45) is 3.81. The van der Waals surface area contributed by atoms with Gasteiger partial charge in [-0.05, 0) is 68.5 Å². The molecule has 3 N–H and O–H groups in total. The zero-order chi connectivity index (χ0) is 17.4. The average Bonchev–Trinajstić information content (AvgIpc) is 2.97. The molecule has 0 fully saturated rings. The monoisotopic (exact) mass is 350 g/mol. The fourth-order valence-electron chi connectivity index (χ4n) is 2.78. The average molecular weight is 351 g/mol. The van der Waals surface area contributed by atoms with Gasteiger partial charge in [-0.2, -0.15) is 0 Å². The number of aromatic nitrogens is 1. The maximum absolute atomic E-state index is 13.4. The molecule has 4 nitrogen and oxygen atoms in total. The molecule has 2 aromatic rings. The van der Waals surface area contributed by atoms with Gasteiger partial charge in [0.05, 0.1) is 0 Å². The smallest absolute Gasteiger partial charge is 0.166 e. The van der Waals surface area contributed by atoms with E-state index in [1.54, 1.807) is 12.1 Å². The van der Waals surface area contributed by atoms with Crippen LogP contribution < -0.4 is 10.6 Å². The number of nitrogens with one attached hydrogen (secondary N) is 3. The highest BCUT2D eigenvalue weighted by Gasteiger charge is 2.05. The number of fused-ring (bicyclic) bond motifs is 1. The van der Waals surface area contributed by atoms with Crippen LogP contribution in [0.1, 0.15) is 25.8 Å². The molecule has 0 aliphatic carbocycles. The van der Waals surface area contributed by atoms with E-state index in [1.165, 1.54) is 6.07 Å². The molecule has 1 heterocycles. The first kappa shape index (κ1) is 18.7. The molecule has 6 heteroatoms. The first-order valence-electron chi connectivity index (χ1n) is 8.63. The molecule has 0 saturated carbocycles. The van der Waals surface area contributed by atoms with Gasteiger partial charge in [-0.25, -0.2) is 4.39 Å². The lowest BCUT2D eigenvalue weighted by Gasteiger charge is -2.18. The highest BCUT2D eigenvalue weighted by atomic mass is 32.1. The zero-order valence-corrected chi connectivity index (χ0v) is 15.3. The third kappa shape index (κ3) is 5.46. The third-order valence-electron chi connectivity index (χ3n) is 4.24. The van der Waals surface area contributed by atoms with Gasteiger partial charge >= 0.3 is 0 Å². The predicted octanol–water partition coefficient (Wildman–Crippen LogP) is 3.05. The van der Waals surface area contributed by atoms with Gasteiger partial charge < -0.3 is 20.5 Å². The van der Waals surface area contributed by atoms with Crippen LogP contribution in [0.15, 0.2) is 24.4 Å².